The van der Waals surface area contributed by atoms with Crippen molar-refractivity contribution < 1.29 is 4.79 Å². The first-order valence-corrected chi connectivity index (χ1v) is 4.78. The molecule has 2 aromatic rings. The summed E-state index contributed by atoms with van der Waals surface area (Å²) in [5.74, 6) is 0. The van der Waals surface area contributed by atoms with Crippen molar-refractivity contribution in [1.29, 1.82) is 0 Å². The second kappa shape index (κ2) is 3.69. The van der Waals surface area contributed by atoms with Crippen LogP contribution in [-0.2, 0) is 0 Å². The first-order chi connectivity index (χ1) is 7.22. The lowest BCUT2D eigenvalue weighted by Crippen LogP contribution is -1.89. The van der Waals surface area contributed by atoms with Crippen LogP contribution in [0.2, 0.25) is 0 Å². The minimum absolute atomic E-state index is 0.530. The molecule has 0 atom stereocenters. The van der Waals surface area contributed by atoms with E-state index in [0.717, 1.165) is 23.1 Å². The molecule has 0 bridgehead atoms. The zero-order valence-corrected chi connectivity index (χ0v) is 8.74. The summed E-state index contributed by atoms with van der Waals surface area (Å²) in [4.78, 5) is 17.7. The summed E-state index contributed by atoms with van der Waals surface area (Å²) in [6.07, 6.45) is 2.33. The molecule has 1 aromatic carbocycles. The quantitative estimate of drug-likeness (QED) is 0.757. The number of imidazole rings is 1. The smallest absolute Gasteiger partial charge is 0.168 e. The van der Waals surface area contributed by atoms with E-state index in [1.54, 1.807) is 6.33 Å². The van der Waals surface area contributed by atoms with Gasteiger partial charge in [0.05, 0.1) is 12.0 Å². The highest BCUT2D eigenvalue weighted by Gasteiger charge is 2.09. The van der Waals surface area contributed by atoms with Crippen molar-refractivity contribution in [2.24, 2.45) is 0 Å². The molecule has 0 aliphatic heterocycles. The Balaban J connectivity index is 2.59. The van der Waals surface area contributed by atoms with E-state index in [0.29, 0.717) is 5.69 Å². The van der Waals surface area contributed by atoms with Crippen molar-refractivity contribution in [1.82, 2.24) is 9.97 Å². The van der Waals surface area contributed by atoms with Crippen LogP contribution in [0.15, 0.2) is 24.5 Å². The average Bonchev–Trinajstić information content (AvgIpc) is 2.65. The summed E-state index contributed by atoms with van der Waals surface area (Å²) < 4.78 is 0. The van der Waals surface area contributed by atoms with Crippen molar-refractivity contribution in [3.63, 3.8) is 0 Å². The second-order valence-electron chi connectivity index (χ2n) is 3.60. The molecular formula is C12H12N2O. The van der Waals surface area contributed by atoms with Crippen LogP contribution < -0.4 is 0 Å². The SMILES string of the molecule is Cc1ccc(-c2nc[nH]c2C=O)c(C)c1. The van der Waals surface area contributed by atoms with Crippen molar-refractivity contribution in [2.75, 3.05) is 0 Å². The normalized spacial score (nSPS) is 10.3. The Morgan fingerprint density at radius 1 is 1.33 bits per heavy atom. The molecule has 3 nitrogen and oxygen atoms in total. The Morgan fingerprint density at radius 2 is 2.13 bits per heavy atom. The van der Waals surface area contributed by atoms with Gasteiger partial charge < -0.3 is 4.98 Å². The van der Waals surface area contributed by atoms with Gasteiger partial charge in [0.15, 0.2) is 6.29 Å². The van der Waals surface area contributed by atoms with Crippen LogP contribution in [-0.4, -0.2) is 16.3 Å². The molecular weight excluding hydrogens is 188 g/mol. The summed E-state index contributed by atoms with van der Waals surface area (Å²) >= 11 is 0. The van der Waals surface area contributed by atoms with Gasteiger partial charge in [-0.05, 0) is 19.4 Å². The third-order valence-electron chi connectivity index (χ3n) is 2.42. The molecule has 2 rings (SSSR count). The van der Waals surface area contributed by atoms with Gasteiger partial charge >= 0.3 is 0 Å². The first kappa shape index (κ1) is 9.65. The van der Waals surface area contributed by atoms with E-state index in [4.69, 9.17) is 0 Å². The summed E-state index contributed by atoms with van der Waals surface area (Å²) in [7, 11) is 0. The fourth-order valence-corrected chi connectivity index (χ4v) is 1.69. The zero-order valence-electron chi connectivity index (χ0n) is 8.74. The molecule has 0 saturated carbocycles. The van der Waals surface area contributed by atoms with Gasteiger partial charge in [-0.3, -0.25) is 4.79 Å². The standard InChI is InChI=1S/C12H12N2O/c1-8-3-4-10(9(2)5-8)12-11(6-15)13-7-14-12/h3-7H,1-2H3,(H,13,14). The second-order valence-corrected chi connectivity index (χ2v) is 3.60. The third-order valence-corrected chi connectivity index (χ3v) is 2.42. The number of nitrogens with zero attached hydrogens (tertiary/aromatic N) is 1. The number of benzene rings is 1. The van der Waals surface area contributed by atoms with Gasteiger partial charge in [0.25, 0.3) is 0 Å². The summed E-state index contributed by atoms with van der Waals surface area (Å²) in [6.45, 7) is 4.06. The highest BCUT2D eigenvalue weighted by Crippen LogP contribution is 2.23. The van der Waals surface area contributed by atoms with Crippen LogP contribution in [0.3, 0.4) is 0 Å². The molecule has 1 N–H and O–H groups in total. The van der Waals surface area contributed by atoms with Gasteiger partial charge in [-0.15, -0.1) is 0 Å². The van der Waals surface area contributed by atoms with Crippen LogP contribution in [0, 0.1) is 13.8 Å². The van der Waals surface area contributed by atoms with Crippen molar-refractivity contribution in [3.8, 4) is 11.3 Å². The molecule has 76 valence electrons. The number of carbonyl (C=O) groups excluding carboxylic acids is 1. The number of nitrogens with one attached hydrogen (secondary N) is 1. The molecule has 0 radical (unpaired) electrons. The van der Waals surface area contributed by atoms with Gasteiger partial charge in [-0.25, -0.2) is 4.98 Å². The predicted octanol–water partition coefficient (Wildman–Crippen LogP) is 2.51. The van der Waals surface area contributed by atoms with E-state index in [1.807, 2.05) is 26.0 Å². The largest absolute Gasteiger partial charge is 0.342 e. The number of hydrogen-bond donors (Lipinski definition) is 1. The van der Waals surface area contributed by atoms with Gasteiger partial charge in [0, 0.05) is 5.56 Å². The molecule has 0 spiro atoms. The fourth-order valence-electron chi connectivity index (χ4n) is 1.69. The Labute approximate surface area is 88.2 Å². The van der Waals surface area contributed by atoms with Gasteiger partial charge in [0.2, 0.25) is 0 Å². The van der Waals surface area contributed by atoms with Crippen LogP contribution in [0.25, 0.3) is 11.3 Å². The summed E-state index contributed by atoms with van der Waals surface area (Å²) in [6, 6.07) is 6.10. The van der Waals surface area contributed by atoms with Crippen molar-refractivity contribution in [2.45, 2.75) is 13.8 Å². The van der Waals surface area contributed by atoms with Gasteiger partial charge in [-0.2, -0.15) is 0 Å². The van der Waals surface area contributed by atoms with Gasteiger partial charge in [-0.1, -0.05) is 23.8 Å². The molecule has 0 amide bonds. The minimum atomic E-state index is 0.530. The molecule has 1 aromatic heterocycles. The Hall–Kier alpha value is -1.90. The van der Waals surface area contributed by atoms with E-state index >= 15 is 0 Å². The first-order valence-electron chi connectivity index (χ1n) is 4.78. The number of hydrogen-bond acceptors (Lipinski definition) is 2. The maximum atomic E-state index is 10.8. The lowest BCUT2D eigenvalue weighted by atomic mass is 10.0. The maximum absolute atomic E-state index is 10.8. The fraction of sp³-hybridized carbons (Fsp3) is 0.167. The predicted molar refractivity (Wildman–Crippen MR) is 58.9 cm³/mol. The highest BCUT2D eigenvalue weighted by molar-refractivity contribution is 5.84. The summed E-state index contributed by atoms with van der Waals surface area (Å²) in [5.41, 5.74) is 4.60. The Morgan fingerprint density at radius 3 is 2.80 bits per heavy atom. The summed E-state index contributed by atoms with van der Waals surface area (Å²) in [5, 5.41) is 0. The van der Waals surface area contributed by atoms with Gasteiger partial charge in [0.1, 0.15) is 5.69 Å². The lowest BCUT2D eigenvalue weighted by Gasteiger charge is -2.04. The van der Waals surface area contributed by atoms with E-state index in [-0.39, 0.29) is 0 Å². The topological polar surface area (TPSA) is 45.8 Å². The molecule has 0 aliphatic rings. The molecule has 0 saturated heterocycles. The van der Waals surface area contributed by atoms with Crippen LogP contribution in [0.5, 0.6) is 0 Å². The number of aryl methyl sites for hydroxylation is 2. The molecule has 0 unspecified atom stereocenters. The number of rotatable bonds is 2. The monoisotopic (exact) mass is 200 g/mol. The highest BCUT2D eigenvalue weighted by atomic mass is 16.1. The van der Waals surface area contributed by atoms with Crippen LogP contribution in [0.1, 0.15) is 21.6 Å². The molecule has 0 fully saturated rings. The van der Waals surface area contributed by atoms with E-state index in [1.165, 1.54) is 5.56 Å². The molecule has 15 heavy (non-hydrogen) atoms. The Bertz CT molecular complexity index is 500. The van der Waals surface area contributed by atoms with E-state index in [9.17, 15) is 4.79 Å². The number of aromatic amines is 1. The van der Waals surface area contributed by atoms with Crippen LogP contribution in [0.4, 0.5) is 0 Å². The average molecular weight is 200 g/mol. The molecule has 1 heterocycles. The number of aldehydes is 1. The number of H-pyrrole nitrogens is 1. The molecule has 0 aliphatic carbocycles. The van der Waals surface area contributed by atoms with Crippen molar-refractivity contribution >= 4 is 6.29 Å². The Kier molecular flexibility index (Phi) is 2.37. The minimum Gasteiger partial charge on any atom is -0.342 e. The zero-order chi connectivity index (χ0) is 10.8. The van der Waals surface area contributed by atoms with Crippen LogP contribution >= 0.6 is 0 Å². The van der Waals surface area contributed by atoms with E-state index < -0.39 is 0 Å². The molecule has 3 heteroatoms. The number of carbonyl (C=O) groups is 1. The maximum Gasteiger partial charge on any atom is 0.168 e. The third kappa shape index (κ3) is 1.68. The number of aromatic nitrogens is 2. The van der Waals surface area contributed by atoms with E-state index in [2.05, 4.69) is 16.0 Å². The lowest BCUT2D eigenvalue weighted by molar-refractivity contribution is 0.112. The van der Waals surface area contributed by atoms with Crippen molar-refractivity contribution in [3.05, 3.63) is 41.3 Å².